The molecule has 1 aromatic heterocycles. The van der Waals surface area contributed by atoms with E-state index < -0.39 is 11.2 Å². The maximum absolute atomic E-state index is 12.1. The van der Waals surface area contributed by atoms with Gasteiger partial charge in [-0.2, -0.15) is 0 Å². The summed E-state index contributed by atoms with van der Waals surface area (Å²) in [6, 6.07) is 0.231. The highest BCUT2D eigenvalue weighted by Gasteiger charge is 2.26. The number of nitrogens with one attached hydrogen (secondary N) is 1. The molecule has 0 spiro atoms. The van der Waals surface area contributed by atoms with Gasteiger partial charge in [0.05, 0.1) is 11.8 Å². The van der Waals surface area contributed by atoms with Crippen molar-refractivity contribution in [2.24, 2.45) is 4.99 Å². The molecule has 2 fully saturated rings. The summed E-state index contributed by atoms with van der Waals surface area (Å²) in [6.07, 6.45) is 7.01. The Balaban J connectivity index is 2.08. The molecular weight excluding hydrogens is 270 g/mol. The monoisotopic (exact) mass is 291 g/mol. The molecule has 114 valence electrons. The maximum atomic E-state index is 12.1. The molecule has 0 amide bonds. The molecule has 0 atom stereocenters. The van der Waals surface area contributed by atoms with Gasteiger partial charge in [-0.05, 0) is 32.6 Å². The number of aromatic hydroxyl groups is 1. The fourth-order valence-electron chi connectivity index (χ4n) is 3.08. The zero-order valence-corrected chi connectivity index (χ0v) is 12.3. The number of H-pyrrole nitrogens is 1. The summed E-state index contributed by atoms with van der Waals surface area (Å²) in [6.45, 7) is 1.72. The normalized spacial score (nSPS) is 20.7. The largest absolute Gasteiger partial charge is 0.494 e. The van der Waals surface area contributed by atoms with E-state index in [0.29, 0.717) is 5.71 Å². The molecule has 6 nitrogen and oxygen atoms in total. The van der Waals surface area contributed by atoms with Crippen molar-refractivity contribution in [3.05, 3.63) is 26.4 Å². The van der Waals surface area contributed by atoms with Crippen molar-refractivity contribution in [2.45, 2.75) is 64.0 Å². The third kappa shape index (κ3) is 2.80. The molecule has 3 rings (SSSR count). The summed E-state index contributed by atoms with van der Waals surface area (Å²) >= 11 is 0. The van der Waals surface area contributed by atoms with Gasteiger partial charge in [0.1, 0.15) is 5.56 Å². The summed E-state index contributed by atoms with van der Waals surface area (Å²) < 4.78 is 1.35. The Bertz CT molecular complexity index is 676. The second kappa shape index (κ2) is 5.50. The average Bonchev–Trinajstić information content (AvgIpc) is 3.23. The number of aliphatic imine (C=N–C) groups is 1. The fraction of sp³-hybridized carbons (Fsp3) is 0.667. The summed E-state index contributed by atoms with van der Waals surface area (Å²) in [5.74, 6) is -0.224. The minimum absolute atomic E-state index is 0.0319. The van der Waals surface area contributed by atoms with Crippen molar-refractivity contribution in [3.8, 4) is 5.88 Å². The Morgan fingerprint density at radius 1 is 1.19 bits per heavy atom. The molecule has 2 N–H and O–H groups in total. The van der Waals surface area contributed by atoms with Crippen LogP contribution in [0.3, 0.4) is 0 Å². The minimum Gasteiger partial charge on any atom is -0.494 e. The van der Waals surface area contributed by atoms with Crippen molar-refractivity contribution in [1.29, 1.82) is 0 Å². The molecule has 0 saturated heterocycles. The number of rotatable bonds is 3. The van der Waals surface area contributed by atoms with Crippen molar-refractivity contribution in [2.75, 3.05) is 0 Å². The van der Waals surface area contributed by atoms with Gasteiger partial charge in [0.2, 0.25) is 5.88 Å². The molecule has 1 aromatic rings. The van der Waals surface area contributed by atoms with E-state index >= 15 is 0 Å². The first-order valence-corrected chi connectivity index (χ1v) is 7.70. The Morgan fingerprint density at radius 3 is 2.48 bits per heavy atom. The third-order valence-electron chi connectivity index (χ3n) is 4.34. The molecule has 2 aliphatic carbocycles. The van der Waals surface area contributed by atoms with Crippen LogP contribution in [0.15, 0.2) is 14.6 Å². The molecule has 0 aromatic carbocycles. The molecule has 2 saturated carbocycles. The Labute approximate surface area is 122 Å². The highest BCUT2D eigenvalue weighted by molar-refractivity contribution is 6.00. The standard InChI is InChI=1S/C15H21N3O3/c1-9(16-10-7-8-10)12-13(19)17-15(21)18(14(12)20)11-5-3-2-4-6-11/h10-11,20H,2-8H2,1H3,(H,17,19,21). The van der Waals surface area contributed by atoms with Crippen LogP contribution in [0.4, 0.5) is 0 Å². The lowest BCUT2D eigenvalue weighted by atomic mass is 9.95. The van der Waals surface area contributed by atoms with E-state index in [1.807, 2.05) is 0 Å². The fourth-order valence-corrected chi connectivity index (χ4v) is 3.08. The number of hydrogen-bond acceptors (Lipinski definition) is 4. The van der Waals surface area contributed by atoms with E-state index in [0.717, 1.165) is 44.9 Å². The lowest BCUT2D eigenvalue weighted by Gasteiger charge is -2.25. The van der Waals surface area contributed by atoms with Crippen molar-refractivity contribution < 1.29 is 5.11 Å². The second-order valence-electron chi connectivity index (χ2n) is 6.07. The maximum Gasteiger partial charge on any atom is 0.331 e. The summed E-state index contributed by atoms with van der Waals surface area (Å²) in [5, 5.41) is 10.5. The average molecular weight is 291 g/mol. The van der Waals surface area contributed by atoms with Gasteiger partial charge in [-0.25, -0.2) is 4.79 Å². The van der Waals surface area contributed by atoms with Gasteiger partial charge < -0.3 is 5.11 Å². The van der Waals surface area contributed by atoms with Crippen LogP contribution < -0.4 is 11.2 Å². The number of nitrogens with zero attached hydrogens (tertiary/aromatic N) is 2. The highest BCUT2D eigenvalue weighted by Crippen LogP contribution is 2.30. The van der Waals surface area contributed by atoms with E-state index in [4.69, 9.17) is 0 Å². The molecule has 2 aliphatic rings. The Kier molecular flexibility index (Phi) is 3.69. The predicted octanol–water partition coefficient (Wildman–Crippen LogP) is 1.72. The highest BCUT2D eigenvalue weighted by atomic mass is 16.3. The predicted molar refractivity (Wildman–Crippen MR) is 80.3 cm³/mol. The van der Waals surface area contributed by atoms with E-state index in [2.05, 4.69) is 9.98 Å². The number of aromatic amines is 1. The molecule has 0 radical (unpaired) electrons. The van der Waals surface area contributed by atoms with E-state index in [1.54, 1.807) is 6.92 Å². The van der Waals surface area contributed by atoms with Gasteiger partial charge >= 0.3 is 5.69 Å². The SMILES string of the molecule is CC(=NC1CC1)c1c(O)n(C2CCCCC2)c(=O)[nH]c1=O. The van der Waals surface area contributed by atoms with Crippen LogP contribution in [0.5, 0.6) is 5.88 Å². The quantitative estimate of drug-likeness (QED) is 0.831. The summed E-state index contributed by atoms with van der Waals surface area (Å²) in [7, 11) is 0. The van der Waals surface area contributed by atoms with Gasteiger partial charge in [0, 0.05) is 6.04 Å². The van der Waals surface area contributed by atoms with E-state index in [9.17, 15) is 14.7 Å². The molecule has 0 aliphatic heterocycles. The van der Waals surface area contributed by atoms with Gasteiger partial charge in [-0.3, -0.25) is 19.3 Å². The smallest absolute Gasteiger partial charge is 0.331 e. The molecule has 6 heteroatoms. The molecular formula is C15H21N3O3. The minimum atomic E-state index is -0.550. The van der Waals surface area contributed by atoms with Gasteiger partial charge in [-0.1, -0.05) is 19.3 Å². The number of hydrogen-bond donors (Lipinski definition) is 2. The summed E-state index contributed by atoms with van der Waals surface area (Å²) in [5.41, 5.74) is -0.410. The third-order valence-corrected chi connectivity index (χ3v) is 4.34. The van der Waals surface area contributed by atoms with Crippen LogP contribution in [0.2, 0.25) is 0 Å². The van der Waals surface area contributed by atoms with Crippen molar-refractivity contribution >= 4 is 5.71 Å². The van der Waals surface area contributed by atoms with Crippen molar-refractivity contribution in [1.82, 2.24) is 9.55 Å². The van der Waals surface area contributed by atoms with Crippen LogP contribution >= 0.6 is 0 Å². The van der Waals surface area contributed by atoms with Crippen LogP contribution in [0.1, 0.15) is 63.5 Å². The first kappa shape index (κ1) is 14.1. The van der Waals surface area contributed by atoms with Gasteiger partial charge in [-0.15, -0.1) is 0 Å². The Morgan fingerprint density at radius 2 is 1.86 bits per heavy atom. The summed E-state index contributed by atoms with van der Waals surface area (Å²) in [4.78, 5) is 30.9. The van der Waals surface area contributed by atoms with Crippen LogP contribution in [-0.4, -0.2) is 26.4 Å². The number of aromatic nitrogens is 2. The van der Waals surface area contributed by atoms with Crippen LogP contribution in [-0.2, 0) is 0 Å². The van der Waals surface area contributed by atoms with Gasteiger partial charge in [0.15, 0.2) is 0 Å². The van der Waals surface area contributed by atoms with Gasteiger partial charge in [0.25, 0.3) is 5.56 Å². The van der Waals surface area contributed by atoms with Crippen LogP contribution in [0, 0.1) is 0 Å². The first-order valence-electron chi connectivity index (χ1n) is 7.70. The molecule has 1 heterocycles. The van der Waals surface area contributed by atoms with Crippen LogP contribution in [0.25, 0.3) is 0 Å². The lowest BCUT2D eigenvalue weighted by Crippen LogP contribution is -2.36. The molecule has 0 unspecified atom stereocenters. The van der Waals surface area contributed by atoms with Crippen molar-refractivity contribution in [3.63, 3.8) is 0 Å². The molecule has 21 heavy (non-hydrogen) atoms. The van der Waals surface area contributed by atoms with E-state index in [-0.39, 0.29) is 23.5 Å². The second-order valence-corrected chi connectivity index (χ2v) is 6.07. The Hall–Kier alpha value is -1.85. The molecule has 0 bridgehead atoms. The lowest BCUT2D eigenvalue weighted by molar-refractivity contribution is 0.298. The first-order chi connectivity index (χ1) is 10.1. The zero-order valence-electron chi connectivity index (χ0n) is 12.3. The van der Waals surface area contributed by atoms with E-state index in [1.165, 1.54) is 4.57 Å². The topological polar surface area (TPSA) is 87.4 Å². The zero-order chi connectivity index (χ0) is 15.0.